The van der Waals surface area contributed by atoms with Gasteiger partial charge < -0.3 is 24.8 Å². The van der Waals surface area contributed by atoms with Crippen molar-refractivity contribution in [2.45, 2.75) is 39.5 Å². The number of carbonyl (C=O) groups excluding carboxylic acids is 2. The van der Waals surface area contributed by atoms with E-state index in [9.17, 15) is 9.59 Å². The number of hydrogen-bond donors (Lipinski definition) is 2. The third kappa shape index (κ3) is 5.89. The zero-order chi connectivity index (χ0) is 21.3. The third-order valence-corrected chi connectivity index (χ3v) is 5.05. The second kappa shape index (κ2) is 10.5. The number of rotatable bonds is 8. The van der Waals surface area contributed by atoms with Crippen LogP contribution in [0.25, 0.3) is 0 Å². The quantitative estimate of drug-likeness (QED) is 0.694. The van der Waals surface area contributed by atoms with Crippen molar-refractivity contribution in [3.63, 3.8) is 0 Å². The smallest absolute Gasteiger partial charge is 0.408 e. The largest absolute Gasteiger partial charge is 0.486 e. The molecule has 0 radical (unpaired) electrons. The van der Waals surface area contributed by atoms with Crippen LogP contribution < -0.4 is 20.1 Å². The molecule has 2 aromatic rings. The molecule has 2 atom stereocenters. The van der Waals surface area contributed by atoms with E-state index < -0.39 is 12.1 Å². The molecule has 1 aliphatic rings. The van der Waals surface area contributed by atoms with Crippen LogP contribution in [-0.2, 0) is 22.7 Å². The molecule has 0 bridgehead atoms. The van der Waals surface area contributed by atoms with Crippen LogP contribution in [0.5, 0.6) is 11.5 Å². The highest BCUT2D eigenvalue weighted by Crippen LogP contribution is 2.30. The second-order valence-corrected chi connectivity index (χ2v) is 7.27. The monoisotopic (exact) mass is 412 g/mol. The van der Waals surface area contributed by atoms with E-state index in [1.165, 1.54) is 0 Å². The van der Waals surface area contributed by atoms with Crippen LogP contribution in [0.2, 0.25) is 0 Å². The van der Waals surface area contributed by atoms with Crippen LogP contribution in [0.1, 0.15) is 31.4 Å². The maximum Gasteiger partial charge on any atom is 0.408 e. The molecule has 0 fully saturated rings. The molecule has 0 aromatic heterocycles. The number of alkyl carbamates (subject to hydrolysis) is 1. The molecular formula is C23H28N2O5. The number of benzene rings is 2. The molecule has 7 heteroatoms. The Bertz CT molecular complexity index is 856. The molecule has 0 spiro atoms. The SMILES string of the molecule is CC[C@H](C)[C@H](NC(=O)OCc1ccccc1)C(=O)NCc1ccc2c(c1)OCCO2. The first-order valence-electron chi connectivity index (χ1n) is 10.2. The Morgan fingerprint density at radius 2 is 1.77 bits per heavy atom. The Labute approximate surface area is 176 Å². The lowest BCUT2D eigenvalue weighted by atomic mass is 9.98. The number of nitrogens with one attached hydrogen (secondary N) is 2. The van der Waals surface area contributed by atoms with Crippen molar-refractivity contribution in [3.05, 3.63) is 59.7 Å². The summed E-state index contributed by atoms with van der Waals surface area (Å²) in [5.41, 5.74) is 1.78. The molecule has 1 heterocycles. The van der Waals surface area contributed by atoms with Crippen LogP contribution in [0.15, 0.2) is 48.5 Å². The fourth-order valence-electron chi connectivity index (χ4n) is 3.09. The van der Waals surface area contributed by atoms with Gasteiger partial charge in [-0.1, -0.05) is 56.7 Å². The number of carbonyl (C=O) groups is 2. The summed E-state index contributed by atoms with van der Waals surface area (Å²) in [5.74, 6) is 1.08. The van der Waals surface area contributed by atoms with E-state index in [4.69, 9.17) is 14.2 Å². The van der Waals surface area contributed by atoms with E-state index in [1.807, 2.05) is 62.4 Å². The Morgan fingerprint density at radius 1 is 1.03 bits per heavy atom. The Morgan fingerprint density at radius 3 is 2.50 bits per heavy atom. The highest BCUT2D eigenvalue weighted by molar-refractivity contribution is 5.85. The topological polar surface area (TPSA) is 85.9 Å². The summed E-state index contributed by atoms with van der Waals surface area (Å²) in [6.45, 7) is 5.41. The van der Waals surface area contributed by atoms with E-state index in [0.717, 1.165) is 17.5 Å². The van der Waals surface area contributed by atoms with Gasteiger partial charge in [0.25, 0.3) is 0 Å². The molecule has 30 heavy (non-hydrogen) atoms. The first-order valence-corrected chi connectivity index (χ1v) is 10.2. The van der Waals surface area contributed by atoms with E-state index >= 15 is 0 Å². The van der Waals surface area contributed by atoms with Gasteiger partial charge in [0.2, 0.25) is 5.91 Å². The average Bonchev–Trinajstić information content (AvgIpc) is 2.79. The third-order valence-electron chi connectivity index (χ3n) is 5.05. The highest BCUT2D eigenvalue weighted by atomic mass is 16.6. The summed E-state index contributed by atoms with van der Waals surface area (Å²) in [6, 6.07) is 14.3. The highest BCUT2D eigenvalue weighted by Gasteiger charge is 2.26. The van der Waals surface area contributed by atoms with E-state index in [2.05, 4.69) is 10.6 Å². The van der Waals surface area contributed by atoms with Crippen LogP contribution in [0.3, 0.4) is 0 Å². The van der Waals surface area contributed by atoms with Crippen LogP contribution >= 0.6 is 0 Å². The van der Waals surface area contributed by atoms with Crippen molar-refractivity contribution in [2.24, 2.45) is 5.92 Å². The van der Waals surface area contributed by atoms with Gasteiger partial charge in [0.05, 0.1) is 0 Å². The molecule has 0 aliphatic carbocycles. The van der Waals surface area contributed by atoms with Crippen molar-refractivity contribution in [2.75, 3.05) is 13.2 Å². The summed E-state index contributed by atoms with van der Waals surface area (Å²) in [4.78, 5) is 25.0. The van der Waals surface area contributed by atoms with Crippen molar-refractivity contribution >= 4 is 12.0 Å². The molecule has 160 valence electrons. The molecule has 1 aliphatic heterocycles. The molecule has 2 N–H and O–H groups in total. The maximum absolute atomic E-state index is 12.8. The van der Waals surface area contributed by atoms with E-state index in [0.29, 0.717) is 31.3 Å². The normalized spacial score (nSPS) is 14.3. The molecule has 0 saturated heterocycles. The minimum atomic E-state index is -0.685. The maximum atomic E-state index is 12.8. The fraction of sp³-hybridized carbons (Fsp3) is 0.391. The molecule has 2 aromatic carbocycles. The summed E-state index contributed by atoms with van der Waals surface area (Å²) >= 11 is 0. The Hall–Kier alpha value is -3.22. The van der Waals surface area contributed by atoms with Gasteiger partial charge in [-0.15, -0.1) is 0 Å². The molecule has 0 unspecified atom stereocenters. The van der Waals surface area contributed by atoms with Crippen LogP contribution in [0, 0.1) is 5.92 Å². The van der Waals surface area contributed by atoms with Gasteiger partial charge in [-0.2, -0.15) is 0 Å². The Kier molecular flexibility index (Phi) is 7.54. The zero-order valence-corrected chi connectivity index (χ0v) is 17.4. The first-order chi connectivity index (χ1) is 14.6. The molecule has 3 rings (SSSR count). The van der Waals surface area contributed by atoms with Crippen LogP contribution in [-0.4, -0.2) is 31.3 Å². The minimum Gasteiger partial charge on any atom is -0.486 e. The lowest BCUT2D eigenvalue weighted by molar-refractivity contribution is -0.124. The average molecular weight is 412 g/mol. The van der Waals surface area contributed by atoms with Gasteiger partial charge in [-0.3, -0.25) is 4.79 Å². The van der Waals surface area contributed by atoms with Crippen molar-refractivity contribution in [1.82, 2.24) is 10.6 Å². The van der Waals surface area contributed by atoms with Crippen molar-refractivity contribution in [1.29, 1.82) is 0 Å². The number of hydrogen-bond acceptors (Lipinski definition) is 5. The molecule has 7 nitrogen and oxygen atoms in total. The second-order valence-electron chi connectivity index (χ2n) is 7.27. The number of ether oxygens (including phenoxy) is 3. The minimum absolute atomic E-state index is 0.0467. The summed E-state index contributed by atoms with van der Waals surface area (Å²) in [6.07, 6.45) is 0.125. The summed E-state index contributed by atoms with van der Waals surface area (Å²) in [7, 11) is 0. The van der Waals surface area contributed by atoms with Crippen LogP contribution in [0.4, 0.5) is 4.79 Å². The predicted molar refractivity (Wildman–Crippen MR) is 112 cm³/mol. The van der Waals surface area contributed by atoms with Gasteiger partial charge in [-0.25, -0.2) is 4.79 Å². The molecule has 0 saturated carbocycles. The number of amides is 2. The van der Waals surface area contributed by atoms with Crippen molar-refractivity contribution in [3.8, 4) is 11.5 Å². The van der Waals surface area contributed by atoms with E-state index in [1.54, 1.807) is 0 Å². The fourth-order valence-corrected chi connectivity index (χ4v) is 3.09. The standard InChI is InChI=1S/C23H28N2O5/c1-3-16(2)21(25-23(27)30-15-17-7-5-4-6-8-17)22(26)24-14-18-9-10-19-20(13-18)29-12-11-28-19/h4-10,13,16,21H,3,11-12,14-15H2,1-2H3,(H,24,26)(H,25,27)/t16-,21-/m0/s1. The first kappa shape index (κ1) is 21.5. The van der Waals surface area contributed by atoms with E-state index in [-0.39, 0.29) is 18.4 Å². The summed E-state index contributed by atoms with van der Waals surface area (Å²) in [5, 5.41) is 5.60. The Balaban J connectivity index is 1.55. The van der Waals surface area contributed by atoms with Gasteiger partial charge in [-0.05, 0) is 29.2 Å². The lowest BCUT2D eigenvalue weighted by Crippen LogP contribution is -2.50. The number of fused-ring (bicyclic) bond motifs is 1. The van der Waals surface area contributed by atoms with Gasteiger partial charge >= 0.3 is 6.09 Å². The van der Waals surface area contributed by atoms with Gasteiger partial charge in [0.15, 0.2) is 11.5 Å². The lowest BCUT2D eigenvalue weighted by Gasteiger charge is -2.23. The zero-order valence-electron chi connectivity index (χ0n) is 17.4. The summed E-state index contributed by atoms with van der Waals surface area (Å²) < 4.78 is 16.4. The molecular weight excluding hydrogens is 384 g/mol. The van der Waals surface area contributed by atoms with Crippen molar-refractivity contribution < 1.29 is 23.8 Å². The van der Waals surface area contributed by atoms with Gasteiger partial charge in [0, 0.05) is 6.54 Å². The molecule has 2 amide bonds. The predicted octanol–water partition coefficient (Wildman–Crippen LogP) is 3.42. The van der Waals surface area contributed by atoms with Gasteiger partial charge in [0.1, 0.15) is 25.9 Å².